The Balaban J connectivity index is 1.98. The summed E-state index contributed by atoms with van der Waals surface area (Å²) in [6.07, 6.45) is 2.21. The number of fused-ring (bicyclic) bond motifs is 1. The molecule has 1 aliphatic rings. The van der Waals surface area contributed by atoms with Crippen molar-refractivity contribution in [3.8, 4) is 0 Å². The van der Waals surface area contributed by atoms with Crippen LogP contribution in [0.4, 0.5) is 0 Å². The highest BCUT2D eigenvalue weighted by Crippen LogP contribution is 2.22. The van der Waals surface area contributed by atoms with Gasteiger partial charge in [0.05, 0.1) is 24.6 Å². The van der Waals surface area contributed by atoms with Crippen LogP contribution in [0.3, 0.4) is 0 Å². The Morgan fingerprint density at radius 3 is 2.79 bits per heavy atom. The molecule has 2 heterocycles. The standard InChI is InChI=1S/C11H18N2O/c1-11(2,3)5-4-10-12-8-6-14-7-9(8)13-10/h4-7H2,1-3H3,(H,12,13). The van der Waals surface area contributed by atoms with Gasteiger partial charge in [0.15, 0.2) is 0 Å². The fraction of sp³-hybridized carbons (Fsp3) is 0.727. The second kappa shape index (κ2) is 3.39. The van der Waals surface area contributed by atoms with E-state index in [1.807, 2.05) is 0 Å². The number of nitrogens with one attached hydrogen (secondary N) is 1. The van der Waals surface area contributed by atoms with Gasteiger partial charge in [0.1, 0.15) is 5.82 Å². The molecule has 0 radical (unpaired) electrons. The van der Waals surface area contributed by atoms with Crippen LogP contribution in [-0.2, 0) is 24.4 Å². The lowest BCUT2D eigenvalue weighted by Crippen LogP contribution is -2.07. The minimum atomic E-state index is 0.383. The third-order valence-electron chi connectivity index (χ3n) is 2.51. The number of aromatic amines is 1. The molecule has 3 heteroatoms. The molecule has 1 N–H and O–H groups in total. The summed E-state index contributed by atoms with van der Waals surface area (Å²) in [5.74, 6) is 1.12. The van der Waals surface area contributed by atoms with Crippen molar-refractivity contribution in [2.24, 2.45) is 5.41 Å². The van der Waals surface area contributed by atoms with Crippen LogP contribution in [-0.4, -0.2) is 9.97 Å². The Morgan fingerprint density at radius 2 is 2.14 bits per heavy atom. The number of rotatable bonds is 2. The molecule has 78 valence electrons. The molecule has 0 amide bonds. The number of hydrogen-bond donors (Lipinski definition) is 1. The van der Waals surface area contributed by atoms with Crippen LogP contribution in [0.1, 0.15) is 44.4 Å². The van der Waals surface area contributed by atoms with Gasteiger partial charge in [-0.1, -0.05) is 20.8 Å². The van der Waals surface area contributed by atoms with Crippen molar-refractivity contribution in [3.05, 3.63) is 17.2 Å². The smallest absolute Gasteiger partial charge is 0.106 e. The molecule has 3 nitrogen and oxygen atoms in total. The number of aromatic nitrogens is 2. The quantitative estimate of drug-likeness (QED) is 0.785. The molecule has 1 aromatic heterocycles. The van der Waals surface area contributed by atoms with Crippen molar-refractivity contribution in [2.75, 3.05) is 0 Å². The van der Waals surface area contributed by atoms with Crippen molar-refractivity contribution in [1.29, 1.82) is 0 Å². The lowest BCUT2D eigenvalue weighted by molar-refractivity contribution is 0.130. The van der Waals surface area contributed by atoms with E-state index < -0.39 is 0 Å². The van der Waals surface area contributed by atoms with Gasteiger partial charge < -0.3 is 9.72 Å². The Morgan fingerprint density at radius 1 is 1.36 bits per heavy atom. The van der Waals surface area contributed by atoms with Crippen molar-refractivity contribution in [2.45, 2.75) is 46.8 Å². The predicted molar refractivity (Wildman–Crippen MR) is 54.9 cm³/mol. The number of H-pyrrole nitrogens is 1. The molecule has 1 aromatic rings. The van der Waals surface area contributed by atoms with E-state index in [9.17, 15) is 0 Å². The highest BCUT2D eigenvalue weighted by Gasteiger charge is 2.17. The minimum Gasteiger partial charge on any atom is -0.369 e. The zero-order valence-corrected chi connectivity index (χ0v) is 9.18. The van der Waals surface area contributed by atoms with E-state index in [0.29, 0.717) is 18.6 Å². The fourth-order valence-electron chi connectivity index (χ4n) is 1.61. The lowest BCUT2D eigenvalue weighted by Gasteiger charge is -2.16. The molecule has 0 saturated carbocycles. The molecule has 0 spiro atoms. The van der Waals surface area contributed by atoms with Crippen molar-refractivity contribution in [3.63, 3.8) is 0 Å². The molecule has 14 heavy (non-hydrogen) atoms. The first-order chi connectivity index (χ1) is 6.54. The zero-order valence-electron chi connectivity index (χ0n) is 9.18. The summed E-state index contributed by atoms with van der Waals surface area (Å²) in [5, 5.41) is 0. The predicted octanol–water partition coefficient (Wildman–Crippen LogP) is 2.42. The van der Waals surface area contributed by atoms with Gasteiger partial charge in [-0.2, -0.15) is 0 Å². The molecule has 0 saturated heterocycles. The Bertz CT molecular complexity index is 301. The van der Waals surface area contributed by atoms with Crippen LogP contribution in [0, 0.1) is 5.41 Å². The maximum absolute atomic E-state index is 5.26. The van der Waals surface area contributed by atoms with Gasteiger partial charge in [0.2, 0.25) is 0 Å². The first kappa shape index (κ1) is 9.71. The van der Waals surface area contributed by atoms with Crippen molar-refractivity contribution in [1.82, 2.24) is 9.97 Å². The lowest BCUT2D eigenvalue weighted by atomic mass is 9.90. The van der Waals surface area contributed by atoms with Gasteiger partial charge in [0.25, 0.3) is 0 Å². The average molecular weight is 194 g/mol. The van der Waals surface area contributed by atoms with E-state index in [0.717, 1.165) is 17.9 Å². The van der Waals surface area contributed by atoms with Crippen LogP contribution in [0.2, 0.25) is 0 Å². The van der Waals surface area contributed by atoms with Crippen LogP contribution in [0.5, 0.6) is 0 Å². The summed E-state index contributed by atoms with van der Waals surface area (Å²) in [4.78, 5) is 7.84. The maximum Gasteiger partial charge on any atom is 0.106 e. The van der Waals surface area contributed by atoms with Crippen LogP contribution < -0.4 is 0 Å². The number of aryl methyl sites for hydroxylation is 1. The molecular formula is C11H18N2O. The second-order valence-electron chi connectivity index (χ2n) is 5.16. The normalized spacial score (nSPS) is 15.9. The molecule has 0 atom stereocenters. The summed E-state index contributed by atoms with van der Waals surface area (Å²) in [6.45, 7) is 8.16. The first-order valence-corrected chi connectivity index (χ1v) is 5.19. The molecule has 0 unspecified atom stereocenters. The Hall–Kier alpha value is -0.830. The number of nitrogens with zero attached hydrogens (tertiary/aromatic N) is 1. The SMILES string of the molecule is CC(C)(C)CCc1nc2c([nH]1)COC2. The molecule has 1 aliphatic heterocycles. The van der Waals surface area contributed by atoms with Crippen LogP contribution in [0.15, 0.2) is 0 Å². The average Bonchev–Trinajstić information content (AvgIpc) is 2.56. The van der Waals surface area contributed by atoms with Gasteiger partial charge in [-0.15, -0.1) is 0 Å². The monoisotopic (exact) mass is 194 g/mol. The molecule has 0 aliphatic carbocycles. The molecule has 0 bridgehead atoms. The Labute approximate surface area is 84.9 Å². The summed E-state index contributed by atoms with van der Waals surface area (Å²) in [5.41, 5.74) is 2.66. The topological polar surface area (TPSA) is 37.9 Å². The van der Waals surface area contributed by atoms with Gasteiger partial charge in [-0.25, -0.2) is 4.98 Å². The molecule has 0 aromatic carbocycles. The van der Waals surface area contributed by atoms with Crippen molar-refractivity contribution >= 4 is 0 Å². The largest absolute Gasteiger partial charge is 0.369 e. The van der Waals surface area contributed by atoms with E-state index >= 15 is 0 Å². The van der Waals surface area contributed by atoms with Crippen molar-refractivity contribution < 1.29 is 4.74 Å². The van der Waals surface area contributed by atoms with Gasteiger partial charge in [-0.05, 0) is 11.8 Å². The van der Waals surface area contributed by atoms with E-state index in [4.69, 9.17) is 4.74 Å². The van der Waals surface area contributed by atoms with E-state index in [-0.39, 0.29) is 0 Å². The minimum absolute atomic E-state index is 0.383. The summed E-state index contributed by atoms with van der Waals surface area (Å²) in [6, 6.07) is 0. The second-order valence-corrected chi connectivity index (χ2v) is 5.16. The number of ether oxygens (including phenoxy) is 1. The zero-order chi connectivity index (χ0) is 10.2. The van der Waals surface area contributed by atoms with Gasteiger partial charge in [0, 0.05) is 6.42 Å². The molecule has 2 rings (SSSR count). The first-order valence-electron chi connectivity index (χ1n) is 5.19. The number of imidazole rings is 1. The number of hydrogen-bond acceptors (Lipinski definition) is 2. The summed E-state index contributed by atoms with van der Waals surface area (Å²) < 4.78 is 5.26. The highest BCUT2D eigenvalue weighted by atomic mass is 16.5. The Kier molecular flexibility index (Phi) is 2.35. The third-order valence-corrected chi connectivity index (χ3v) is 2.51. The fourth-order valence-corrected chi connectivity index (χ4v) is 1.61. The van der Waals surface area contributed by atoms with Crippen LogP contribution in [0.25, 0.3) is 0 Å². The maximum atomic E-state index is 5.26. The van der Waals surface area contributed by atoms with E-state index in [2.05, 4.69) is 30.7 Å². The molecule has 0 fully saturated rings. The van der Waals surface area contributed by atoms with Crippen LogP contribution >= 0.6 is 0 Å². The third kappa shape index (κ3) is 2.15. The van der Waals surface area contributed by atoms with Gasteiger partial charge >= 0.3 is 0 Å². The van der Waals surface area contributed by atoms with E-state index in [1.54, 1.807) is 0 Å². The molecular weight excluding hydrogens is 176 g/mol. The van der Waals surface area contributed by atoms with Gasteiger partial charge in [-0.3, -0.25) is 0 Å². The summed E-state index contributed by atoms with van der Waals surface area (Å²) in [7, 11) is 0. The summed E-state index contributed by atoms with van der Waals surface area (Å²) >= 11 is 0. The van der Waals surface area contributed by atoms with E-state index in [1.165, 1.54) is 12.1 Å². The highest BCUT2D eigenvalue weighted by molar-refractivity contribution is 5.16.